The lowest BCUT2D eigenvalue weighted by Gasteiger charge is -2.17. The highest BCUT2D eigenvalue weighted by Gasteiger charge is 2.24. The van der Waals surface area contributed by atoms with Crippen LogP contribution < -0.4 is 10.1 Å². The predicted octanol–water partition coefficient (Wildman–Crippen LogP) is 3.59. The third-order valence-corrected chi connectivity index (χ3v) is 7.00. The van der Waals surface area contributed by atoms with Crippen LogP contribution in [0.4, 0.5) is 5.69 Å². The van der Waals surface area contributed by atoms with E-state index in [0.29, 0.717) is 17.0 Å². The lowest BCUT2D eigenvalue weighted by molar-refractivity contribution is -0.123. The Kier molecular flexibility index (Phi) is 7.04. The fourth-order valence-corrected chi connectivity index (χ4v) is 4.10. The Balaban J connectivity index is 1.79. The van der Waals surface area contributed by atoms with Crippen LogP contribution >= 0.6 is 0 Å². The molecule has 0 bridgehead atoms. The molecule has 0 fully saturated rings. The van der Waals surface area contributed by atoms with E-state index in [2.05, 4.69) is 5.32 Å². The molecule has 8 nitrogen and oxygen atoms in total. The molecule has 174 valence electrons. The number of benzene rings is 3. The fourth-order valence-electron chi connectivity index (χ4n) is 3.17. The van der Waals surface area contributed by atoms with Gasteiger partial charge in [0.15, 0.2) is 6.10 Å². The standard InChI is InChI=1S/C24H26N2O6S/c1-15-10-11-19(33(29,30)26(3)4)14-21(15)25-23(27)16(2)32-24(28)20-12-17-8-6-7-9-18(17)13-22(20)31-5/h6-14,16H,1-5H3,(H,25,27). The van der Waals surface area contributed by atoms with E-state index in [1.165, 1.54) is 40.3 Å². The SMILES string of the molecule is COc1cc2ccccc2cc1C(=O)OC(C)C(=O)Nc1cc(S(=O)(=O)N(C)C)ccc1C. The highest BCUT2D eigenvalue weighted by atomic mass is 32.2. The number of methoxy groups -OCH3 is 1. The number of esters is 1. The summed E-state index contributed by atoms with van der Waals surface area (Å²) >= 11 is 0. The second kappa shape index (κ2) is 9.60. The fraction of sp³-hybridized carbons (Fsp3) is 0.250. The third kappa shape index (κ3) is 5.15. The van der Waals surface area contributed by atoms with Gasteiger partial charge in [0.2, 0.25) is 10.0 Å². The van der Waals surface area contributed by atoms with E-state index in [4.69, 9.17) is 9.47 Å². The number of nitrogens with one attached hydrogen (secondary N) is 1. The molecule has 1 N–H and O–H groups in total. The van der Waals surface area contributed by atoms with Gasteiger partial charge in [0, 0.05) is 19.8 Å². The number of anilines is 1. The Morgan fingerprint density at radius 1 is 1.00 bits per heavy atom. The molecule has 0 saturated carbocycles. The van der Waals surface area contributed by atoms with Crippen LogP contribution in [0, 0.1) is 6.92 Å². The minimum atomic E-state index is -3.67. The molecule has 0 aliphatic heterocycles. The van der Waals surface area contributed by atoms with Crippen molar-refractivity contribution in [1.29, 1.82) is 0 Å². The molecule has 1 atom stereocenters. The van der Waals surface area contributed by atoms with Crippen molar-refractivity contribution in [3.8, 4) is 5.75 Å². The Labute approximate surface area is 193 Å². The first-order valence-corrected chi connectivity index (χ1v) is 11.6. The first-order valence-electron chi connectivity index (χ1n) is 10.2. The molecule has 9 heteroatoms. The van der Waals surface area contributed by atoms with E-state index in [1.807, 2.05) is 24.3 Å². The average Bonchev–Trinajstić information content (AvgIpc) is 2.79. The monoisotopic (exact) mass is 470 g/mol. The van der Waals surface area contributed by atoms with Crippen molar-refractivity contribution in [3.05, 3.63) is 65.7 Å². The highest BCUT2D eigenvalue weighted by molar-refractivity contribution is 7.89. The van der Waals surface area contributed by atoms with E-state index < -0.39 is 28.0 Å². The van der Waals surface area contributed by atoms with Crippen LogP contribution in [-0.4, -0.2) is 51.9 Å². The summed E-state index contributed by atoms with van der Waals surface area (Å²) in [5.74, 6) is -0.963. The predicted molar refractivity (Wildman–Crippen MR) is 126 cm³/mol. The van der Waals surface area contributed by atoms with Crippen molar-refractivity contribution < 1.29 is 27.5 Å². The van der Waals surface area contributed by atoms with Crippen LogP contribution in [0.15, 0.2) is 59.5 Å². The zero-order valence-electron chi connectivity index (χ0n) is 19.1. The second-order valence-corrected chi connectivity index (χ2v) is 9.85. The normalized spacial score (nSPS) is 12.4. The van der Waals surface area contributed by atoms with E-state index in [9.17, 15) is 18.0 Å². The van der Waals surface area contributed by atoms with Crippen molar-refractivity contribution in [3.63, 3.8) is 0 Å². The molecular weight excluding hydrogens is 444 g/mol. The zero-order chi connectivity index (χ0) is 24.3. The molecule has 3 aromatic rings. The lowest BCUT2D eigenvalue weighted by atomic mass is 10.1. The molecule has 33 heavy (non-hydrogen) atoms. The molecular formula is C24H26N2O6S. The molecule has 3 aromatic carbocycles. The first kappa shape index (κ1) is 24.2. The summed E-state index contributed by atoms with van der Waals surface area (Å²) in [5, 5.41) is 4.38. The minimum absolute atomic E-state index is 0.0407. The minimum Gasteiger partial charge on any atom is -0.496 e. The van der Waals surface area contributed by atoms with Gasteiger partial charge in [-0.05, 0) is 54.4 Å². The van der Waals surface area contributed by atoms with Gasteiger partial charge in [-0.1, -0.05) is 30.3 Å². The Morgan fingerprint density at radius 2 is 1.64 bits per heavy atom. The molecule has 0 aliphatic rings. The van der Waals surface area contributed by atoms with E-state index in [1.54, 1.807) is 25.1 Å². The molecule has 0 aromatic heterocycles. The molecule has 0 heterocycles. The first-order chi connectivity index (χ1) is 15.5. The van der Waals surface area contributed by atoms with Crippen LogP contribution in [0.2, 0.25) is 0 Å². The maximum atomic E-state index is 12.8. The number of carbonyl (C=O) groups excluding carboxylic acids is 2. The molecule has 0 radical (unpaired) electrons. The summed E-state index contributed by atoms with van der Waals surface area (Å²) in [6.45, 7) is 3.18. The van der Waals surface area contributed by atoms with Gasteiger partial charge < -0.3 is 14.8 Å². The molecule has 0 spiro atoms. The zero-order valence-corrected chi connectivity index (χ0v) is 19.9. The van der Waals surface area contributed by atoms with Gasteiger partial charge in [0.1, 0.15) is 11.3 Å². The smallest absolute Gasteiger partial charge is 0.342 e. The number of ether oxygens (including phenoxy) is 2. The Hall–Kier alpha value is -3.43. The number of rotatable bonds is 7. The maximum absolute atomic E-state index is 12.8. The summed E-state index contributed by atoms with van der Waals surface area (Å²) in [5.41, 5.74) is 1.18. The topological polar surface area (TPSA) is 102 Å². The van der Waals surface area contributed by atoms with Gasteiger partial charge in [-0.15, -0.1) is 0 Å². The largest absolute Gasteiger partial charge is 0.496 e. The third-order valence-electron chi connectivity index (χ3n) is 5.19. The van der Waals surface area contributed by atoms with Crippen LogP contribution in [-0.2, 0) is 19.6 Å². The van der Waals surface area contributed by atoms with Crippen molar-refractivity contribution >= 4 is 38.4 Å². The second-order valence-electron chi connectivity index (χ2n) is 7.70. The number of carbonyl (C=O) groups is 2. The van der Waals surface area contributed by atoms with Gasteiger partial charge >= 0.3 is 5.97 Å². The van der Waals surface area contributed by atoms with Crippen LogP contribution in [0.5, 0.6) is 5.75 Å². The molecule has 0 saturated heterocycles. The maximum Gasteiger partial charge on any atom is 0.342 e. The van der Waals surface area contributed by atoms with Gasteiger partial charge in [0.25, 0.3) is 5.91 Å². The number of nitrogens with zero attached hydrogens (tertiary/aromatic N) is 1. The average molecular weight is 471 g/mol. The number of fused-ring (bicyclic) bond motifs is 1. The summed E-state index contributed by atoms with van der Waals surface area (Å²) < 4.78 is 36.6. The number of amides is 1. The van der Waals surface area contributed by atoms with Crippen LogP contribution in [0.25, 0.3) is 10.8 Å². The Morgan fingerprint density at radius 3 is 2.24 bits per heavy atom. The van der Waals surface area contributed by atoms with Crippen LogP contribution in [0.3, 0.4) is 0 Å². The van der Waals surface area contributed by atoms with E-state index in [-0.39, 0.29) is 10.5 Å². The van der Waals surface area contributed by atoms with Crippen LogP contribution in [0.1, 0.15) is 22.8 Å². The van der Waals surface area contributed by atoms with Gasteiger partial charge in [-0.3, -0.25) is 4.79 Å². The van der Waals surface area contributed by atoms with Gasteiger partial charge in [-0.25, -0.2) is 17.5 Å². The quantitative estimate of drug-likeness (QED) is 0.530. The summed E-state index contributed by atoms with van der Waals surface area (Å²) in [6.07, 6.45) is -1.14. The molecule has 1 unspecified atom stereocenters. The number of sulfonamides is 1. The Bertz CT molecular complexity index is 1320. The van der Waals surface area contributed by atoms with E-state index >= 15 is 0 Å². The highest BCUT2D eigenvalue weighted by Crippen LogP contribution is 2.27. The molecule has 0 aliphatic carbocycles. The lowest BCUT2D eigenvalue weighted by Crippen LogP contribution is -2.30. The number of hydrogen-bond donors (Lipinski definition) is 1. The summed E-state index contributed by atoms with van der Waals surface area (Å²) in [6, 6.07) is 15.3. The van der Waals surface area contributed by atoms with Crippen molar-refractivity contribution in [2.24, 2.45) is 0 Å². The molecule has 3 rings (SSSR count). The van der Waals surface area contributed by atoms with Gasteiger partial charge in [0.05, 0.1) is 12.0 Å². The van der Waals surface area contributed by atoms with E-state index in [0.717, 1.165) is 15.1 Å². The van der Waals surface area contributed by atoms with Crippen molar-refractivity contribution in [1.82, 2.24) is 4.31 Å². The number of aryl methyl sites for hydroxylation is 1. The molecule has 1 amide bonds. The summed E-state index contributed by atoms with van der Waals surface area (Å²) in [4.78, 5) is 25.6. The van der Waals surface area contributed by atoms with Crippen molar-refractivity contribution in [2.75, 3.05) is 26.5 Å². The number of hydrogen-bond acceptors (Lipinski definition) is 6. The van der Waals surface area contributed by atoms with Crippen molar-refractivity contribution in [2.45, 2.75) is 24.8 Å². The summed E-state index contributed by atoms with van der Waals surface area (Å²) in [7, 11) is 0.636. The van der Waals surface area contributed by atoms with Gasteiger partial charge in [-0.2, -0.15) is 0 Å².